The Hall–Kier alpha value is -1.03. The van der Waals surface area contributed by atoms with Gasteiger partial charge in [0.1, 0.15) is 5.82 Å². The summed E-state index contributed by atoms with van der Waals surface area (Å²) in [5.74, 6) is 1.10. The molecular weight excluding hydrogens is 200 g/mol. The quantitative estimate of drug-likeness (QED) is 0.797. The van der Waals surface area contributed by atoms with Gasteiger partial charge in [-0.3, -0.25) is 4.68 Å². The van der Waals surface area contributed by atoms with Crippen molar-refractivity contribution in [3.8, 4) is 0 Å². The van der Waals surface area contributed by atoms with Gasteiger partial charge in [-0.1, -0.05) is 13.3 Å². The van der Waals surface area contributed by atoms with Gasteiger partial charge < -0.3 is 10.6 Å². The van der Waals surface area contributed by atoms with E-state index in [0.717, 1.165) is 18.9 Å². The summed E-state index contributed by atoms with van der Waals surface area (Å²) in [7, 11) is 1.97. The summed E-state index contributed by atoms with van der Waals surface area (Å²) in [5, 5.41) is 11.3. The lowest BCUT2D eigenvalue weighted by atomic mass is 9.92. The number of anilines is 1. The van der Waals surface area contributed by atoms with Crippen LogP contribution in [-0.2, 0) is 7.05 Å². The van der Waals surface area contributed by atoms with Crippen LogP contribution in [0.15, 0.2) is 12.3 Å². The van der Waals surface area contributed by atoms with Gasteiger partial charge in [0.05, 0.1) is 6.20 Å². The fourth-order valence-electron chi connectivity index (χ4n) is 2.61. The van der Waals surface area contributed by atoms with Crippen molar-refractivity contribution >= 4 is 5.82 Å². The third kappa shape index (κ3) is 2.38. The summed E-state index contributed by atoms with van der Waals surface area (Å²) in [6.07, 6.45) is 6.90. The third-order valence-corrected chi connectivity index (χ3v) is 3.49. The SMILES string of the molecule is CCCC1(CNc2ccnn2C)CCCN1. The van der Waals surface area contributed by atoms with E-state index < -0.39 is 0 Å². The van der Waals surface area contributed by atoms with Gasteiger partial charge in [0.25, 0.3) is 0 Å². The second kappa shape index (κ2) is 4.87. The maximum atomic E-state index is 4.16. The highest BCUT2D eigenvalue weighted by atomic mass is 15.3. The fraction of sp³-hybridized carbons (Fsp3) is 0.750. The van der Waals surface area contributed by atoms with E-state index in [1.54, 1.807) is 0 Å². The van der Waals surface area contributed by atoms with Crippen molar-refractivity contribution in [3.05, 3.63) is 12.3 Å². The molecule has 0 radical (unpaired) electrons. The van der Waals surface area contributed by atoms with Crippen molar-refractivity contribution in [1.29, 1.82) is 0 Å². The van der Waals surface area contributed by atoms with Crippen LogP contribution in [-0.4, -0.2) is 28.4 Å². The molecule has 4 nitrogen and oxygen atoms in total. The van der Waals surface area contributed by atoms with Gasteiger partial charge >= 0.3 is 0 Å². The van der Waals surface area contributed by atoms with Crippen LogP contribution in [0.1, 0.15) is 32.6 Å². The summed E-state index contributed by atoms with van der Waals surface area (Å²) in [4.78, 5) is 0. The van der Waals surface area contributed by atoms with E-state index in [9.17, 15) is 0 Å². The molecule has 1 aliphatic rings. The van der Waals surface area contributed by atoms with Crippen molar-refractivity contribution in [2.75, 3.05) is 18.4 Å². The zero-order chi connectivity index (χ0) is 11.4. The lowest BCUT2D eigenvalue weighted by Gasteiger charge is -2.30. The van der Waals surface area contributed by atoms with Gasteiger partial charge in [0.2, 0.25) is 0 Å². The van der Waals surface area contributed by atoms with Crippen LogP contribution in [0.25, 0.3) is 0 Å². The van der Waals surface area contributed by atoms with Gasteiger partial charge in [-0.15, -0.1) is 0 Å². The topological polar surface area (TPSA) is 41.9 Å². The first kappa shape index (κ1) is 11.5. The maximum Gasteiger partial charge on any atom is 0.123 e. The monoisotopic (exact) mass is 222 g/mol. The van der Waals surface area contributed by atoms with Gasteiger partial charge in [-0.2, -0.15) is 5.10 Å². The van der Waals surface area contributed by atoms with Gasteiger partial charge in [0, 0.05) is 25.2 Å². The lowest BCUT2D eigenvalue weighted by Crippen LogP contribution is -2.46. The van der Waals surface area contributed by atoms with E-state index >= 15 is 0 Å². The minimum atomic E-state index is 0.305. The number of rotatable bonds is 5. The molecule has 2 N–H and O–H groups in total. The molecule has 1 atom stereocenters. The first-order valence-electron chi connectivity index (χ1n) is 6.23. The fourth-order valence-corrected chi connectivity index (χ4v) is 2.61. The van der Waals surface area contributed by atoms with Crippen molar-refractivity contribution in [3.63, 3.8) is 0 Å². The Morgan fingerprint density at radius 1 is 1.62 bits per heavy atom. The van der Waals surface area contributed by atoms with Gasteiger partial charge in [0.15, 0.2) is 0 Å². The molecule has 1 fully saturated rings. The van der Waals surface area contributed by atoms with Gasteiger partial charge in [-0.05, 0) is 25.8 Å². The van der Waals surface area contributed by atoms with Crippen molar-refractivity contribution in [1.82, 2.24) is 15.1 Å². The normalized spacial score (nSPS) is 24.9. The summed E-state index contributed by atoms with van der Waals surface area (Å²) >= 11 is 0. The van der Waals surface area contributed by atoms with E-state index in [0.29, 0.717) is 5.54 Å². The molecule has 90 valence electrons. The Morgan fingerprint density at radius 2 is 2.50 bits per heavy atom. The molecule has 0 saturated carbocycles. The number of aromatic nitrogens is 2. The second-order valence-electron chi connectivity index (χ2n) is 4.75. The molecule has 2 heterocycles. The minimum absolute atomic E-state index is 0.305. The highest BCUT2D eigenvalue weighted by Gasteiger charge is 2.32. The molecule has 0 aromatic carbocycles. The largest absolute Gasteiger partial charge is 0.368 e. The number of nitrogens with zero attached hydrogens (tertiary/aromatic N) is 2. The Balaban J connectivity index is 1.94. The molecule has 1 saturated heterocycles. The first-order chi connectivity index (χ1) is 7.76. The molecule has 2 rings (SSSR count). The van der Waals surface area contributed by atoms with Crippen molar-refractivity contribution < 1.29 is 0 Å². The molecule has 16 heavy (non-hydrogen) atoms. The number of hydrogen-bond donors (Lipinski definition) is 2. The predicted molar refractivity (Wildman–Crippen MR) is 66.6 cm³/mol. The zero-order valence-corrected chi connectivity index (χ0v) is 10.3. The van der Waals surface area contributed by atoms with Gasteiger partial charge in [-0.25, -0.2) is 0 Å². The third-order valence-electron chi connectivity index (χ3n) is 3.49. The van der Waals surface area contributed by atoms with E-state index in [4.69, 9.17) is 0 Å². The van der Waals surface area contributed by atoms with E-state index in [1.807, 2.05) is 24.0 Å². The highest BCUT2D eigenvalue weighted by molar-refractivity contribution is 5.34. The van der Waals surface area contributed by atoms with Crippen LogP contribution in [0.4, 0.5) is 5.82 Å². The average molecular weight is 222 g/mol. The molecular formula is C12H22N4. The molecule has 0 amide bonds. The maximum absolute atomic E-state index is 4.16. The standard InChI is InChI=1S/C12H22N4/c1-3-6-12(7-4-8-14-12)10-13-11-5-9-15-16(11)2/h5,9,13-14H,3-4,6-8,10H2,1-2H3. The average Bonchev–Trinajstić information content (AvgIpc) is 2.86. The zero-order valence-electron chi connectivity index (χ0n) is 10.3. The van der Waals surface area contributed by atoms with E-state index in [2.05, 4.69) is 22.7 Å². The van der Waals surface area contributed by atoms with E-state index in [-0.39, 0.29) is 0 Å². The summed E-state index contributed by atoms with van der Waals surface area (Å²) in [6.45, 7) is 4.42. The smallest absolute Gasteiger partial charge is 0.123 e. The van der Waals surface area contributed by atoms with Crippen LogP contribution in [0.2, 0.25) is 0 Å². The molecule has 1 aromatic heterocycles. The van der Waals surface area contributed by atoms with Crippen LogP contribution in [0.3, 0.4) is 0 Å². The van der Waals surface area contributed by atoms with Crippen LogP contribution in [0.5, 0.6) is 0 Å². The Kier molecular flexibility index (Phi) is 3.49. The molecule has 1 aromatic rings. The van der Waals surface area contributed by atoms with Crippen LogP contribution < -0.4 is 10.6 Å². The summed E-state index contributed by atoms with van der Waals surface area (Å²) < 4.78 is 1.88. The molecule has 0 bridgehead atoms. The second-order valence-corrected chi connectivity index (χ2v) is 4.75. The van der Waals surface area contributed by atoms with Crippen molar-refractivity contribution in [2.24, 2.45) is 7.05 Å². The minimum Gasteiger partial charge on any atom is -0.368 e. The van der Waals surface area contributed by atoms with Crippen molar-refractivity contribution in [2.45, 2.75) is 38.1 Å². The molecule has 4 heteroatoms. The molecule has 1 aliphatic heterocycles. The Labute approximate surface area is 97.4 Å². The predicted octanol–water partition coefficient (Wildman–Crippen LogP) is 1.75. The first-order valence-corrected chi connectivity index (χ1v) is 6.23. The Bertz CT molecular complexity index is 326. The lowest BCUT2D eigenvalue weighted by molar-refractivity contribution is 0.363. The highest BCUT2D eigenvalue weighted by Crippen LogP contribution is 2.25. The van der Waals surface area contributed by atoms with Crippen LogP contribution >= 0.6 is 0 Å². The molecule has 0 aliphatic carbocycles. The molecule has 0 spiro atoms. The molecule has 1 unspecified atom stereocenters. The number of aryl methyl sites for hydroxylation is 1. The summed E-state index contributed by atoms with van der Waals surface area (Å²) in [5.41, 5.74) is 0.305. The Morgan fingerprint density at radius 3 is 3.06 bits per heavy atom. The number of hydrogen-bond acceptors (Lipinski definition) is 3. The van der Waals surface area contributed by atoms with E-state index in [1.165, 1.54) is 25.7 Å². The summed E-state index contributed by atoms with van der Waals surface area (Å²) in [6, 6.07) is 2.02. The number of nitrogens with one attached hydrogen (secondary N) is 2. The van der Waals surface area contributed by atoms with Crippen LogP contribution in [0, 0.1) is 0 Å².